The number of nitrogens with zero attached hydrogens (tertiary/aromatic N) is 1. The number of hydrogen-bond acceptors (Lipinski definition) is 5. The van der Waals surface area contributed by atoms with Gasteiger partial charge in [-0.2, -0.15) is 0 Å². The van der Waals surface area contributed by atoms with Crippen molar-refractivity contribution in [3.63, 3.8) is 0 Å². The van der Waals surface area contributed by atoms with E-state index in [1.54, 1.807) is 12.1 Å². The maximum absolute atomic E-state index is 12.1. The Balaban J connectivity index is 1.96. The second-order valence-corrected chi connectivity index (χ2v) is 6.98. The second-order valence-electron chi connectivity index (χ2n) is 4.32. The van der Waals surface area contributed by atoms with Crippen molar-refractivity contribution in [3.05, 3.63) is 40.9 Å². The Morgan fingerprint density at radius 1 is 1.30 bits per heavy atom. The van der Waals surface area contributed by atoms with Gasteiger partial charge in [0, 0.05) is 18.3 Å². The Labute approximate surface area is 122 Å². The molecule has 0 aliphatic rings. The fraction of sp³-hybridized carbons (Fsp3) is 0.308. The molecule has 0 fully saturated rings. The van der Waals surface area contributed by atoms with Crippen LogP contribution in [0.4, 0.5) is 5.13 Å². The van der Waals surface area contributed by atoms with Gasteiger partial charge in [-0.05, 0) is 24.1 Å². The summed E-state index contributed by atoms with van der Waals surface area (Å²) >= 11 is 1.35. The number of aromatic nitrogens is 1. The third kappa shape index (κ3) is 3.78. The zero-order valence-electron chi connectivity index (χ0n) is 11.2. The highest BCUT2D eigenvalue weighted by Gasteiger charge is 2.13. The molecule has 0 spiro atoms. The van der Waals surface area contributed by atoms with Crippen molar-refractivity contribution >= 4 is 26.5 Å². The molecule has 0 amide bonds. The molecule has 0 aliphatic heterocycles. The number of sulfonamides is 1. The van der Waals surface area contributed by atoms with Gasteiger partial charge in [0.05, 0.1) is 10.6 Å². The molecule has 0 saturated heterocycles. The monoisotopic (exact) mass is 311 g/mol. The van der Waals surface area contributed by atoms with E-state index in [0.717, 1.165) is 17.7 Å². The highest BCUT2D eigenvalue weighted by Crippen LogP contribution is 2.13. The first-order valence-corrected chi connectivity index (χ1v) is 8.66. The molecule has 0 radical (unpaired) electrons. The number of nitrogens with one attached hydrogen (secondary N) is 1. The molecule has 7 heteroatoms. The van der Waals surface area contributed by atoms with E-state index in [4.69, 9.17) is 5.73 Å². The SMILES string of the molecule is CCc1ccc(S(=O)(=O)NCCc2csc(N)n2)cc1. The van der Waals surface area contributed by atoms with Crippen LogP contribution in [-0.2, 0) is 22.9 Å². The number of thiazole rings is 1. The van der Waals surface area contributed by atoms with Crippen LogP contribution in [0.25, 0.3) is 0 Å². The summed E-state index contributed by atoms with van der Waals surface area (Å²) in [5.41, 5.74) is 7.44. The average Bonchev–Trinajstić information content (AvgIpc) is 2.84. The van der Waals surface area contributed by atoms with Gasteiger partial charge < -0.3 is 5.73 Å². The van der Waals surface area contributed by atoms with Crippen LogP contribution in [0.3, 0.4) is 0 Å². The van der Waals surface area contributed by atoms with E-state index in [1.165, 1.54) is 11.3 Å². The van der Waals surface area contributed by atoms with Crippen molar-refractivity contribution in [1.82, 2.24) is 9.71 Å². The first-order valence-electron chi connectivity index (χ1n) is 6.30. The number of aryl methyl sites for hydroxylation is 1. The highest BCUT2D eigenvalue weighted by molar-refractivity contribution is 7.89. The molecule has 0 bridgehead atoms. The van der Waals surface area contributed by atoms with Gasteiger partial charge in [0.2, 0.25) is 10.0 Å². The van der Waals surface area contributed by atoms with E-state index in [9.17, 15) is 8.42 Å². The third-order valence-corrected chi connectivity index (χ3v) is 5.08. The quantitative estimate of drug-likeness (QED) is 0.852. The Kier molecular flexibility index (Phi) is 4.74. The Bertz CT molecular complexity index is 663. The van der Waals surface area contributed by atoms with Crippen LogP contribution in [0.5, 0.6) is 0 Å². The predicted octanol–water partition coefficient (Wildman–Crippen LogP) is 1.81. The lowest BCUT2D eigenvalue weighted by Crippen LogP contribution is -2.26. The lowest BCUT2D eigenvalue weighted by molar-refractivity contribution is 0.581. The molecule has 1 heterocycles. The third-order valence-electron chi connectivity index (χ3n) is 2.88. The minimum Gasteiger partial charge on any atom is -0.375 e. The lowest BCUT2D eigenvalue weighted by atomic mass is 10.2. The molecule has 3 N–H and O–H groups in total. The maximum Gasteiger partial charge on any atom is 0.240 e. The Morgan fingerprint density at radius 3 is 2.55 bits per heavy atom. The van der Waals surface area contributed by atoms with Gasteiger partial charge in [-0.1, -0.05) is 19.1 Å². The summed E-state index contributed by atoms with van der Waals surface area (Å²) in [6.07, 6.45) is 1.42. The van der Waals surface area contributed by atoms with Gasteiger partial charge in [-0.25, -0.2) is 18.1 Å². The first kappa shape index (κ1) is 15.0. The van der Waals surface area contributed by atoms with E-state index in [2.05, 4.69) is 9.71 Å². The van der Waals surface area contributed by atoms with Crippen LogP contribution in [0.1, 0.15) is 18.2 Å². The van der Waals surface area contributed by atoms with Crippen LogP contribution < -0.4 is 10.5 Å². The number of nitrogens with two attached hydrogens (primary N) is 1. The second kappa shape index (κ2) is 6.34. The van der Waals surface area contributed by atoms with Crippen molar-refractivity contribution in [2.75, 3.05) is 12.3 Å². The molecule has 0 saturated carbocycles. The molecule has 2 aromatic rings. The summed E-state index contributed by atoms with van der Waals surface area (Å²) in [5, 5.41) is 2.33. The van der Waals surface area contributed by atoms with E-state index in [-0.39, 0.29) is 4.90 Å². The average molecular weight is 311 g/mol. The van der Waals surface area contributed by atoms with Gasteiger partial charge >= 0.3 is 0 Å². The summed E-state index contributed by atoms with van der Waals surface area (Å²) in [7, 11) is -3.45. The zero-order valence-corrected chi connectivity index (χ0v) is 12.8. The standard InChI is InChI=1S/C13H17N3O2S2/c1-2-10-3-5-12(6-4-10)20(17,18)15-8-7-11-9-19-13(14)16-11/h3-6,9,15H,2,7-8H2,1H3,(H2,14,16). The van der Waals surface area contributed by atoms with E-state index in [1.807, 2.05) is 24.4 Å². The minimum absolute atomic E-state index is 0.285. The van der Waals surface area contributed by atoms with Crippen LogP contribution >= 0.6 is 11.3 Å². The summed E-state index contributed by atoms with van der Waals surface area (Å²) in [5.74, 6) is 0. The predicted molar refractivity (Wildman–Crippen MR) is 81.2 cm³/mol. The van der Waals surface area contributed by atoms with Gasteiger partial charge in [0.1, 0.15) is 0 Å². The lowest BCUT2D eigenvalue weighted by Gasteiger charge is -2.06. The fourth-order valence-electron chi connectivity index (χ4n) is 1.74. The maximum atomic E-state index is 12.1. The zero-order chi connectivity index (χ0) is 14.6. The largest absolute Gasteiger partial charge is 0.375 e. The summed E-state index contributed by atoms with van der Waals surface area (Å²) < 4.78 is 26.7. The van der Waals surface area contributed by atoms with Gasteiger partial charge in [0.15, 0.2) is 5.13 Å². The number of benzene rings is 1. The van der Waals surface area contributed by atoms with Crippen molar-refractivity contribution in [1.29, 1.82) is 0 Å². The van der Waals surface area contributed by atoms with E-state index < -0.39 is 10.0 Å². The van der Waals surface area contributed by atoms with Gasteiger partial charge in [0.25, 0.3) is 0 Å². The Morgan fingerprint density at radius 2 is 2.00 bits per heavy atom. The molecule has 108 valence electrons. The number of hydrogen-bond donors (Lipinski definition) is 2. The molecular weight excluding hydrogens is 294 g/mol. The summed E-state index contributed by atoms with van der Waals surface area (Å²) in [4.78, 5) is 4.37. The minimum atomic E-state index is -3.45. The number of rotatable bonds is 6. The normalized spacial score (nSPS) is 11.7. The summed E-state index contributed by atoms with van der Waals surface area (Å²) in [6, 6.07) is 6.91. The molecule has 5 nitrogen and oxygen atoms in total. The van der Waals surface area contributed by atoms with Crippen LogP contribution in [0.2, 0.25) is 0 Å². The van der Waals surface area contributed by atoms with Crippen LogP contribution in [0.15, 0.2) is 34.5 Å². The van der Waals surface area contributed by atoms with Gasteiger partial charge in [-0.3, -0.25) is 0 Å². The Hall–Kier alpha value is -1.44. The molecule has 1 aromatic carbocycles. The first-order chi connectivity index (χ1) is 9.51. The molecule has 0 aliphatic carbocycles. The molecule has 0 atom stereocenters. The molecule has 1 aromatic heterocycles. The molecule has 20 heavy (non-hydrogen) atoms. The van der Waals surface area contributed by atoms with Crippen molar-refractivity contribution in [2.45, 2.75) is 24.7 Å². The molecule has 0 unspecified atom stereocenters. The van der Waals surface area contributed by atoms with Crippen LogP contribution in [-0.4, -0.2) is 19.9 Å². The van der Waals surface area contributed by atoms with E-state index in [0.29, 0.717) is 18.1 Å². The van der Waals surface area contributed by atoms with Crippen molar-refractivity contribution < 1.29 is 8.42 Å². The molecular formula is C13H17N3O2S2. The van der Waals surface area contributed by atoms with Crippen LogP contribution in [0, 0.1) is 0 Å². The van der Waals surface area contributed by atoms with E-state index >= 15 is 0 Å². The smallest absolute Gasteiger partial charge is 0.240 e. The van der Waals surface area contributed by atoms with Crippen molar-refractivity contribution in [3.8, 4) is 0 Å². The molecule has 2 rings (SSSR count). The highest BCUT2D eigenvalue weighted by atomic mass is 32.2. The van der Waals surface area contributed by atoms with Crippen molar-refractivity contribution in [2.24, 2.45) is 0 Å². The fourth-order valence-corrected chi connectivity index (χ4v) is 3.37. The topological polar surface area (TPSA) is 85.1 Å². The van der Waals surface area contributed by atoms with Gasteiger partial charge in [-0.15, -0.1) is 11.3 Å². The summed E-state index contributed by atoms with van der Waals surface area (Å²) in [6.45, 7) is 2.34. The number of anilines is 1. The number of nitrogen functional groups attached to an aromatic ring is 1.